The van der Waals surface area contributed by atoms with Gasteiger partial charge in [0.2, 0.25) is 0 Å². The van der Waals surface area contributed by atoms with E-state index in [-0.39, 0.29) is 34.5 Å². The number of imide groups is 1. The average Bonchev–Trinajstić information content (AvgIpc) is 4.20. The van der Waals surface area contributed by atoms with Crippen molar-refractivity contribution in [3.05, 3.63) is 159 Å². The predicted octanol–water partition coefficient (Wildman–Crippen LogP) is 5.54. The van der Waals surface area contributed by atoms with Crippen LogP contribution in [0, 0.1) is 0 Å². The number of ether oxygens (including phenoxy) is 1. The lowest BCUT2D eigenvalue weighted by molar-refractivity contribution is -0.208. The molecular formula is C51H32N8O9. The van der Waals surface area contributed by atoms with E-state index in [0.29, 0.717) is 81.2 Å². The number of hydrazine groups is 1. The molecule has 0 bridgehead atoms. The quantitative estimate of drug-likeness (QED) is 0.120. The van der Waals surface area contributed by atoms with Crippen molar-refractivity contribution >= 4 is 116 Å². The molecule has 0 aliphatic carbocycles. The summed E-state index contributed by atoms with van der Waals surface area (Å²) in [5.41, 5.74) is 7.11. The normalized spacial score (nSPS) is 18.6. The van der Waals surface area contributed by atoms with E-state index in [1.807, 2.05) is 72.8 Å². The third kappa shape index (κ3) is 5.34. The minimum Gasteiger partial charge on any atom is -0.388 e. The zero-order valence-electron chi connectivity index (χ0n) is 35.1. The molecular weight excluding hydrogens is 869 g/mol. The van der Waals surface area contributed by atoms with Crippen LogP contribution in [-0.4, -0.2) is 92.5 Å². The number of para-hydroxylation sites is 4. The number of aromatic nitrogens is 6. The van der Waals surface area contributed by atoms with Gasteiger partial charge in [0.25, 0.3) is 28.8 Å². The number of benzene rings is 6. The lowest BCUT2D eigenvalue weighted by Crippen LogP contribution is -2.50. The van der Waals surface area contributed by atoms with Crippen molar-refractivity contribution in [1.29, 1.82) is 0 Å². The molecule has 0 saturated carbocycles. The van der Waals surface area contributed by atoms with Crippen molar-refractivity contribution in [2.75, 3.05) is 6.61 Å². The largest absolute Gasteiger partial charge is 0.388 e. The molecule has 330 valence electrons. The Morgan fingerprint density at radius 2 is 1.19 bits per heavy atom. The molecule has 1 fully saturated rings. The lowest BCUT2D eigenvalue weighted by atomic mass is 9.96. The first-order valence-corrected chi connectivity index (χ1v) is 21.6. The van der Waals surface area contributed by atoms with Gasteiger partial charge in [-0.3, -0.25) is 39.4 Å². The molecule has 68 heavy (non-hydrogen) atoms. The number of H-pyrrole nitrogens is 2. The van der Waals surface area contributed by atoms with Gasteiger partial charge in [-0.1, -0.05) is 78.9 Å². The summed E-state index contributed by atoms with van der Waals surface area (Å²) in [6.45, 7) is -0.234. The summed E-state index contributed by atoms with van der Waals surface area (Å²) in [6, 6.07) is 34.5. The van der Waals surface area contributed by atoms with E-state index >= 15 is 0 Å². The van der Waals surface area contributed by atoms with Crippen LogP contribution in [0.4, 0.5) is 0 Å². The Morgan fingerprint density at radius 1 is 0.618 bits per heavy atom. The summed E-state index contributed by atoms with van der Waals surface area (Å²) < 4.78 is 7.60. The Bertz CT molecular complexity index is 4170. The van der Waals surface area contributed by atoms with E-state index in [0.717, 1.165) is 21.8 Å². The summed E-state index contributed by atoms with van der Waals surface area (Å²) in [7, 11) is 0. The zero-order chi connectivity index (χ0) is 46.3. The Morgan fingerprint density at radius 3 is 1.84 bits per heavy atom. The van der Waals surface area contributed by atoms with Crippen LogP contribution >= 0.6 is 0 Å². The number of carbonyl (C=O) groups is 3. The molecule has 4 atom stereocenters. The SMILES string of the molecule is O=C(NN1C(=O)c2c(c3c4ccccc4n([C@@H]4OC[C@@H](O)[C@H](O)[C@H]4O)c3c3[nH]c4ccccc4c23)C1=O)c1ccccn1.O=c1[nH]c(=O)c2c1c1c3ccccc3nc1c1nc3ccccc3c12. The first-order valence-electron chi connectivity index (χ1n) is 21.6. The van der Waals surface area contributed by atoms with Crippen molar-refractivity contribution in [2.24, 2.45) is 0 Å². The van der Waals surface area contributed by atoms with Crippen LogP contribution in [-0.2, 0) is 4.74 Å². The summed E-state index contributed by atoms with van der Waals surface area (Å²) in [6.07, 6.45) is -3.99. The third-order valence-electron chi connectivity index (χ3n) is 13.2. The Hall–Kier alpha value is -8.74. The van der Waals surface area contributed by atoms with Crippen LogP contribution < -0.4 is 16.5 Å². The van der Waals surface area contributed by atoms with Crippen molar-refractivity contribution < 1.29 is 34.4 Å². The highest BCUT2D eigenvalue weighted by molar-refractivity contribution is 6.40. The molecule has 6 N–H and O–H groups in total. The number of rotatable bonds is 3. The van der Waals surface area contributed by atoms with E-state index in [9.17, 15) is 39.3 Å². The number of carbonyl (C=O) groups excluding carboxylic acids is 3. The summed E-state index contributed by atoms with van der Waals surface area (Å²) in [5.74, 6) is -2.16. The zero-order valence-corrected chi connectivity index (χ0v) is 35.1. The number of aromatic amines is 2. The maximum absolute atomic E-state index is 14.2. The summed E-state index contributed by atoms with van der Waals surface area (Å²) in [4.78, 5) is 85.7. The van der Waals surface area contributed by atoms with Crippen LogP contribution in [0.1, 0.15) is 37.4 Å². The number of aliphatic hydroxyl groups is 3. The molecule has 2 aliphatic heterocycles. The standard InChI is InChI=1S/C31H23N5O7.C20H9N3O2/c37-19-13-43-31(27(39)26(19)38)35-18-11-4-2-8-15(18)21-23-22(20-14-7-1-3-9-16(14)33-24(20)25(21)35)29(41)36(30(23)42)34-28(40)17-10-5-6-12-32-17;24-19-15-13-9-5-1-3-7-11(9)21-17(13)18-14(16(15)20(25)23-19)10-6-2-4-8-12(10)22-18/h1-12,19,26-27,31,33,37-39H,13H2,(H,34,40);1-8H,(H,23,24,25)/t19-,26+,27-,31-;/m1./s1. The highest BCUT2D eigenvalue weighted by Crippen LogP contribution is 2.47. The van der Waals surface area contributed by atoms with Crippen molar-refractivity contribution in [1.82, 2.24) is 39.9 Å². The molecule has 1 saturated heterocycles. The number of fused-ring (bicyclic) bond motifs is 20. The van der Waals surface area contributed by atoms with Gasteiger partial charge in [-0.05, 0) is 36.4 Å². The molecule has 2 aliphatic rings. The van der Waals surface area contributed by atoms with Crippen molar-refractivity contribution in [2.45, 2.75) is 24.5 Å². The topological polar surface area (TPSA) is 246 Å². The van der Waals surface area contributed by atoms with Gasteiger partial charge in [0.15, 0.2) is 6.23 Å². The Kier molecular flexibility index (Phi) is 8.38. The average molecular weight is 901 g/mol. The van der Waals surface area contributed by atoms with Crippen molar-refractivity contribution in [3.8, 4) is 0 Å². The Labute approximate surface area is 379 Å². The monoisotopic (exact) mass is 900 g/mol. The fourth-order valence-electron chi connectivity index (χ4n) is 10.3. The smallest absolute Gasteiger partial charge is 0.288 e. The Balaban J connectivity index is 0.000000154. The molecule has 14 rings (SSSR count). The number of nitrogens with zero attached hydrogens (tertiary/aromatic N) is 5. The maximum Gasteiger partial charge on any atom is 0.288 e. The maximum atomic E-state index is 14.2. The number of hydrogen-bond acceptors (Lipinski definition) is 12. The van der Waals surface area contributed by atoms with E-state index < -0.39 is 42.3 Å². The van der Waals surface area contributed by atoms with Gasteiger partial charge in [-0.15, -0.1) is 0 Å². The molecule has 17 heteroatoms. The van der Waals surface area contributed by atoms with Crippen LogP contribution in [0.15, 0.2) is 131 Å². The minimum atomic E-state index is -1.51. The minimum absolute atomic E-state index is 0.0298. The molecule has 0 radical (unpaired) electrons. The summed E-state index contributed by atoms with van der Waals surface area (Å²) in [5, 5.41) is 38.7. The number of nitrogens with one attached hydrogen (secondary N) is 3. The van der Waals surface area contributed by atoms with Gasteiger partial charge in [0, 0.05) is 54.8 Å². The molecule has 6 aromatic carbocycles. The number of aliphatic hydroxyl groups excluding tert-OH is 3. The van der Waals surface area contributed by atoms with Crippen LogP contribution in [0.3, 0.4) is 0 Å². The van der Waals surface area contributed by atoms with Crippen LogP contribution in [0.25, 0.3) is 98.0 Å². The molecule has 0 spiro atoms. The van der Waals surface area contributed by atoms with Gasteiger partial charge in [-0.2, -0.15) is 5.01 Å². The molecule has 6 aromatic heterocycles. The molecule has 8 heterocycles. The second kappa shape index (κ2) is 14.4. The fourth-order valence-corrected chi connectivity index (χ4v) is 10.3. The first kappa shape index (κ1) is 39.6. The second-order valence-corrected chi connectivity index (χ2v) is 16.9. The van der Waals surface area contributed by atoms with Gasteiger partial charge in [-0.25, -0.2) is 9.97 Å². The van der Waals surface area contributed by atoms with Gasteiger partial charge in [0.05, 0.1) is 67.1 Å². The van der Waals surface area contributed by atoms with Gasteiger partial charge < -0.3 is 29.6 Å². The van der Waals surface area contributed by atoms with Crippen LogP contribution in [0.5, 0.6) is 0 Å². The first-order chi connectivity index (χ1) is 33.1. The van der Waals surface area contributed by atoms with E-state index in [1.54, 1.807) is 41.0 Å². The molecule has 0 unspecified atom stereocenters. The predicted molar refractivity (Wildman–Crippen MR) is 253 cm³/mol. The summed E-state index contributed by atoms with van der Waals surface area (Å²) >= 11 is 0. The van der Waals surface area contributed by atoms with Crippen molar-refractivity contribution in [3.63, 3.8) is 0 Å². The van der Waals surface area contributed by atoms with Gasteiger partial charge in [0.1, 0.15) is 24.0 Å². The number of hydrogen-bond donors (Lipinski definition) is 6. The molecule has 3 amide bonds. The van der Waals surface area contributed by atoms with E-state index in [1.165, 1.54) is 12.3 Å². The number of pyridine rings is 1. The highest BCUT2D eigenvalue weighted by atomic mass is 16.5. The molecule has 12 aromatic rings. The number of amides is 3. The van der Waals surface area contributed by atoms with E-state index in [2.05, 4.69) is 20.4 Å². The second-order valence-electron chi connectivity index (χ2n) is 16.9. The third-order valence-corrected chi connectivity index (χ3v) is 13.2. The van der Waals surface area contributed by atoms with E-state index in [4.69, 9.17) is 14.7 Å². The fraction of sp³-hybridized carbons (Fsp3) is 0.0980. The van der Waals surface area contributed by atoms with Gasteiger partial charge >= 0.3 is 0 Å². The van der Waals surface area contributed by atoms with Crippen LogP contribution in [0.2, 0.25) is 0 Å². The highest BCUT2D eigenvalue weighted by Gasteiger charge is 2.45. The lowest BCUT2D eigenvalue weighted by Gasteiger charge is -2.36. The molecule has 17 nitrogen and oxygen atoms in total.